The third kappa shape index (κ3) is 4.40. The molecule has 1 aliphatic rings. The number of fused-ring (bicyclic) bond motifs is 1. The van der Waals surface area contributed by atoms with Crippen molar-refractivity contribution < 1.29 is 28.2 Å². The fourth-order valence-corrected chi connectivity index (χ4v) is 3.32. The van der Waals surface area contributed by atoms with Gasteiger partial charge in [-0.3, -0.25) is 9.59 Å². The van der Waals surface area contributed by atoms with E-state index in [9.17, 15) is 23.5 Å². The number of aliphatic hydroxyl groups is 1. The van der Waals surface area contributed by atoms with Gasteiger partial charge in [-0.25, -0.2) is 13.8 Å². The molecule has 160 valence electrons. The maximum Gasteiger partial charge on any atom is 0.272 e. The van der Waals surface area contributed by atoms with Gasteiger partial charge in [0.25, 0.3) is 18.2 Å². The lowest BCUT2D eigenvalue weighted by Crippen LogP contribution is -2.27. The van der Waals surface area contributed by atoms with E-state index in [4.69, 9.17) is 4.74 Å². The third-order valence-corrected chi connectivity index (χ3v) is 5.01. The number of aryl methyl sites for hydroxylation is 1. The number of nitrogens with one attached hydrogen (secondary N) is 1. The van der Waals surface area contributed by atoms with Gasteiger partial charge in [-0.05, 0) is 44.0 Å². The van der Waals surface area contributed by atoms with Crippen LogP contribution in [0.3, 0.4) is 0 Å². The van der Waals surface area contributed by atoms with Crippen LogP contribution in [0.1, 0.15) is 46.9 Å². The number of aromatic nitrogens is 1. The lowest BCUT2D eigenvalue weighted by atomic mass is 10.0. The smallest absolute Gasteiger partial charge is 0.272 e. The molecular formula is C21H23F2N3O4. The van der Waals surface area contributed by atoms with Crippen molar-refractivity contribution in [3.63, 3.8) is 0 Å². The van der Waals surface area contributed by atoms with Crippen LogP contribution in [-0.2, 0) is 11.3 Å². The largest absolute Gasteiger partial charge is 0.487 e. The minimum Gasteiger partial charge on any atom is -0.487 e. The van der Waals surface area contributed by atoms with E-state index < -0.39 is 25.0 Å². The number of halogens is 2. The number of carbonyl (C=O) groups excluding carboxylic acids is 2. The lowest BCUT2D eigenvalue weighted by Gasteiger charge is -2.25. The average Bonchev–Trinajstić information content (AvgIpc) is 3.04. The number of alkyl halides is 2. The summed E-state index contributed by atoms with van der Waals surface area (Å²) < 4.78 is 29.9. The van der Waals surface area contributed by atoms with Gasteiger partial charge in [0.2, 0.25) is 0 Å². The molecule has 2 N–H and O–H groups in total. The molecule has 2 heterocycles. The normalized spacial score (nSPS) is 15.2. The molecule has 2 atom stereocenters. The summed E-state index contributed by atoms with van der Waals surface area (Å²) in [7, 11) is 0. The first-order valence-corrected chi connectivity index (χ1v) is 9.48. The van der Waals surface area contributed by atoms with Crippen molar-refractivity contribution in [2.75, 3.05) is 11.9 Å². The number of hydrogen-bond donors (Lipinski definition) is 2. The lowest BCUT2D eigenvalue weighted by molar-refractivity contribution is -0.123. The molecule has 0 saturated carbocycles. The number of amides is 2. The molecule has 0 radical (unpaired) electrons. The summed E-state index contributed by atoms with van der Waals surface area (Å²) in [6.07, 6.45) is -2.33. The number of anilines is 1. The van der Waals surface area contributed by atoms with Crippen LogP contribution >= 0.6 is 0 Å². The molecule has 0 spiro atoms. The van der Waals surface area contributed by atoms with E-state index in [1.165, 1.54) is 13.1 Å². The Hall–Kier alpha value is -3.07. The summed E-state index contributed by atoms with van der Waals surface area (Å²) in [5.74, 6) is -0.198. The highest BCUT2D eigenvalue weighted by Gasteiger charge is 2.34. The summed E-state index contributed by atoms with van der Waals surface area (Å²) in [5.41, 5.74) is 2.53. The van der Waals surface area contributed by atoms with Crippen molar-refractivity contribution in [1.29, 1.82) is 0 Å². The number of hydrogen-bond acceptors (Lipinski definition) is 5. The van der Waals surface area contributed by atoms with E-state index >= 15 is 0 Å². The number of aliphatic hydroxyl groups excluding tert-OH is 1. The number of nitrogens with zero attached hydrogens (tertiary/aromatic N) is 2. The Balaban J connectivity index is 1.80. The van der Waals surface area contributed by atoms with Crippen LogP contribution in [-0.4, -0.2) is 45.9 Å². The molecule has 2 unspecified atom stereocenters. The van der Waals surface area contributed by atoms with Crippen molar-refractivity contribution in [1.82, 2.24) is 9.88 Å². The predicted octanol–water partition coefficient (Wildman–Crippen LogP) is 3.07. The summed E-state index contributed by atoms with van der Waals surface area (Å²) in [4.78, 5) is 30.5. The van der Waals surface area contributed by atoms with Crippen molar-refractivity contribution in [2.45, 2.75) is 45.9 Å². The zero-order valence-electron chi connectivity index (χ0n) is 16.9. The zero-order valence-corrected chi connectivity index (χ0v) is 16.9. The Bertz CT molecular complexity index is 965. The van der Waals surface area contributed by atoms with Gasteiger partial charge in [0.05, 0.1) is 12.6 Å². The Kier molecular flexibility index (Phi) is 6.31. The van der Waals surface area contributed by atoms with Crippen LogP contribution in [0.25, 0.3) is 0 Å². The quantitative estimate of drug-likeness (QED) is 0.720. The molecule has 1 aromatic heterocycles. The molecule has 9 heteroatoms. The van der Waals surface area contributed by atoms with Crippen LogP contribution < -0.4 is 10.1 Å². The maximum absolute atomic E-state index is 12.9. The van der Waals surface area contributed by atoms with Crippen molar-refractivity contribution in [3.8, 4) is 5.75 Å². The van der Waals surface area contributed by atoms with Crippen molar-refractivity contribution >= 4 is 17.6 Å². The molecule has 30 heavy (non-hydrogen) atoms. The number of ether oxygens (including phenoxy) is 1. The first kappa shape index (κ1) is 21.6. The van der Waals surface area contributed by atoms with Crippen LogP contribution in [0.15, 0.2) is 30.5 Å². The fourth-order valence-electron chi connectivity index (χ4n) is 3.32. The van der Waals surface area contributed by atoms with Gasteiger partial charge in [0.15, 0.2) is 0 Å². The Morgan fingerprint density at radius 3 is 2.70 bits per heavy atom. The number of carbonyl (C=O) groups is 2. The number of benzene rings is 1. The Morgan fingerprint density at radius 1 is 1.33 bits per heavy atom. The van der Waals surface area contributed by atoms with E-state index in [1.54, 1.807) is 36.1 Å². The standard InChI is InChI=1S/C21H23F2N3O4/c1-11-8-14(4-5-17(11)30-10-18(22)23)12(2)26-9-16-15(21(26)29)6-7-24-19(16)25-20(28)13(3)27/h4-8,12-13,18,27H,9-10H2,1-3H3,(H,24,25,28). The van der Waals surface area contributed by atoms with E-state index in [0.29, 0.717) is 22.4 Å². The Labute approximate surface area is 172 Å². The summed E-state index contributed by atoms with van der Waals surface area (Å²) in [6, 6.07) is 6.44. The third-order valence-electron chi connectivity index (χ3n) is 5.01. The van der Waals surface area contributed by atoms with Crippen molar-refractivity contribution in [2.24, 2.45) is 0 Å². The van der Waals surface area contributed by atoms with E-state index in [-0.39, 0.29) is 24.3 Å². The van der Waals surface area contributed by atoms with E-state index in [0.717, 1.165) is 5.56 Å². The summed E-state index contributed by atoms with van der Waals surface area (Å²) >= 11 is 0. The highest BCUT2D eigenvalue weighted by molar-refractivity contribution is 6.02. The maximum atomic E-state index is 12.9. The van der Waals surface area contributed by atoms with E-state index in [1.807, 2.05) is 6.92 Å². The molecule has 0 bridgehead atoms. The molecule has 1 aromatic carbocycles. The molecule has 0 saturated heterocycles. The highest BCUT2D eigenvalue weighted by atomic mass is 19.3. The first-order valence-electron chi connectivity index (χ1n) is 9.48. The molecule has 3 rings (SSSR count). The van der Waals surface area contributed by atoms with Gasteiger partial charge in [-0.2, -0.15) is 0 Å². The topological polar surface area (TPSA) is 91.8 Å². The van der Waals surface area contributed by atoms with Gasteiger partial charge in [-0.15, -0.1) is 0 Å². The summed E-state index contributed by atoms with van der Waals surface area (Å²) in [5, 5.41) is 12.0. The molecule has 1 aliphatic heterocycles. The second kappa shape index (κ2) is 8.74. The Morgan fingerprint density at radius 2 is 2.07 bits per heavy atom. The summed E-state index contributed by atoms with van der Waals surface area (Å²) in [6.45, 7) is 4.52. The first-order chi connectivity index (χ1) is 14.2. The minimum atomic E-state index is -2.55. The van der Waals surface area contributed by atoms with Crippen LogP contribution in [0.2, 0.25) is 0 Å². The SMILES string of the molecule is Cc1cc(C(C)N2Cc3c(ccnc3NC(=O)C(C)O)C2=O)ccc1OCC(F)F. The fraction of sp³-hybridized carbons (Fsp3) is 0.381. The van der Waals surface area contributed by atoms with Crippen LogP contribution in [0.5, 0.6) is 5.75 Å². The van der Waals surface area contributed by atoms with Gasteiger partial charge < -0.3 is 20.1 Å². The molecule has 2 amide bonds. The zero-order chi connectivity index (χ0) is 22.0. The highest BCUT2D eigenvalue weighted by Crippen LogP contribution is 2.35. The van der Waals surface area contributed by atoms with Gasteiger partial charge in [0.1, 0.15) is 24.3 Å². The minimum absolute atomic E-state index is 0.205. The molecule has 2 aromatic rings. The number of rotatable bonds is 7. The second-order valence-corrected chi connectivity index (χ2v) is 7.19. The number of pyridine rings is 1. The average molecular weight is 419 g/mol. The second-order valence-electron chi connectivity index (χ2n) is 7.19. The predicted molar refractivity (Wildman–Crippen MR) is 106 cm³/mol. The molecule has 0 fully saturated rings. The van der Waals surface area contributed by atoms with Gasteiger partial charge in [-0.1, -0.05) is 12.1 Å². The van der Waals surface area contributed by atoms with Crippen molar-refractivity contribution in [3.05, 3.63) is 52.7 Å². The van der Waals surface area contributed by atoms with Crippen LogP contribution in [0.4, 0.5) is 14.6 Å². The van der Waals surface area contributed by atoms with Gasteiger partial charge >= 0.3 is 0 Å². The molecular weight excluding hydrogens is 396 g/mol. The van der Waals surface area contributed by atoms with Crippen LogP contribution in [0, 0.1) is 6.92 Å². The molecule has 7 nitrogen and oxygen atoms in total. The van der Waals surface area contributed by atoms with Gasteiger partial charge in [0, 0.05) is 17.3 Å². The molecule has 0 aliphatic carbocycles. The van der Waals surface area contributed by atoms with E-state index in [2.05, 4.69) is 10.3 Å². The monoisotopic (exact) mass is 419 g/mol.